The van der Waals surface area contributed by atoms with Gasteiger partial charge in [-0.1, -0.05) is 35.9 Å². The number of benzene rings is 2. The average Bonchev–Trinajstić information content (AvgIpc) is 2.68. The number of hydrogen-bond acceptors (Lipinski definition) is 4. The quantitative estimate of drug-likeness (QED) is 0.799. The molecular weight excluding hydrogens is 324 g/mol. The summed E-state index contributed by atoms with van der Waals surface area (Å²) < 4.78 is 11.6. The fourth-order valence-corrected chi connectivity index (χ4v) is 3.31. The second-order valence-corrected chi connectivity index (χ2v) is 6.87. The Morgan fingerprint density at radius 2 is 1.92 bits per heavy atom. The summed E-state index contributed by atoms with van der Waals surface area (Å²) in [4.78, 5) is 2.41. The molecule has 3 rings (SSSR count). The van der Waals surface area contributed by atoms with Crippen LogP contribution in [0.15, 0.2) is 42.5 Å². The number of nitriles is 1. The molecule has 0 bridgehead atoms. The van der Waals surface area contributed by atoms with Crippen molar-refractivity contribution < 1.29 is 9.47 Å². The lowest BCUT2D eigenvalue weighted by molar-refractivity contribution is 0.0104. The van der Waals surface area contributed by atoms with E-state index < -0.39 is 0 Å². The maximum Gasteiger partial charge on any atom is 0.122 e. The number of aryl methyl sites for hydroxylation is 1. The van der Waals surface area contributed by atoms with Crippen molar-refractivity contribution in [2.24, 2.45) is 0 Å². The van der Waals surface area contributed by atoms with Crippen molar-refractivity contribution >= 4 is 0 Å². The Bertz CT molecular complexity index is 776. The second kappa shape index (κ2) is 8.84. The van der Waals surface area contributed by atoms with Gasteiger partial charge in [0, 0.05) is 25.6 Å². The molecule has 0 amide bonds. The van der Waals surface area contributed by atoms with Gasteiger partial charge in [-0.05, 0) is 37.1 Å². The molecule has 1 atom stereocenters. The van der Waals surface area contributed by atoms with Gasteiger partial charge in [0.25, 0.3) is 0 Å². The lowest BCUT2D eigenvalue weighted by Gasteiger charge is -2.32. The van der Waals surface area contributed by atoms with Gasteiger partial charge in [-0.3, -0.25) is 4.90 Å². The third kappa shape index (κ3) is 4.63. The summed E-state index contributed by atoms with van der Waals surface area (Å²) in [5.41, 5.74) is 4.08. The lowest BCUT2D eigenvalue weighted by Crippen LogP contribution is -2.44. The van der Waals surface area contributed by atoms with Crippen LogP contribution in [0.25, 0.3) is 0 Å². The molecule has 1 aliphatic heterocycles. The van der Waals surface area contributed by atoms with Crippen LogP contribution in [0.2, 0.25) is 0 Å². The van der Waals surface area contributed by atoms with Gasteiger partial charge in [-0.25, -0.2) is 0 Å². The summed E-state index contributed by atoms with van der Waals surface area (Å²) in [7, 11) is 0. The van der Waals surface area contributed by atoms with Gasteiger partial charge in [0.05, 0.1) is 24.8 Å². The minimum Gasteiger partial charge on any atom is -0.492 e. The van der Waals surface area contributed by atoms with E-state index in [0.717, 1.165) is 48.7 Å². The van der Waals surface area contributed by atoms with Crippen LogP contribution in [0, 0.1) is 18.3 Å². The van der Waals surface area contributed by atoms with Crippen LogP contribution in [0.5, 0.6) is 5.75 Å². The van der Waals surface area contributed by atoms with Gasteiger partial charge in [-0.15, -0.1) is 0 Å². The van der Waals surface area contributed by atoms with Crippen molar-refractivity contribution in [1.82, 2.24) is 4.90 Å². The molecule has 2 aromatic carbocycles. The van der Waals surface area contributed by atoms with Gasteiger partial charge in [-0.2, -0.15) is 5.26 Å². The van der Waals surface area contributed by atoms with Crippen molar-refractivity contribution in [3.8, 4) is 11.8 Å². The first-order chi connectivity index (χ1) is 12.7. The zero-order valence-electron chi connectivity index (χ0n) is 15.6. The molecule has 1 aliphatic rings. The fraction of sp³-hybridized carbons (Fsp3) is 0.409. The highest BCUT2D eigenvalue weighted by molar-refractivity contribution is 5.45. The van der Waals surface area contributed by atoms with Crippen molar-refractivity contribution in [3.63, 3.8) is 0 Å². The molecule has 1 unspecified atom stereocenters. The van der Waals surface area contributed by atoms with E-state index in [4.69, 9.17) is 9.47 Å². The highest BCUT2D eigenvalue weighted by atomic mass is 16.5. The highest BCUT2D eigenvalue weighted by Crippen LogP contribution is 2.25. The van der Waals surface area contributed by atoms with Gasteiger partial charge < -0.3 is 9.47 Å². The molecule has 1 fully saturated rings. The molecule has 0 radical (unpaired) electrons. The van der Waals surface area contributed by atoms with Gasteiger partial charge in [0.1, 0.15) is 12.4 Å². The van der Waals surface area contributed by atoms with Crippen LogP contribution in [0.3, 0.4) is 0 Å². The normalized spacial score (nSPS) is 16.0. The largest absolute Gasteiger partial charge is 0.492 e. The summed E-state index contributed by atoms with van der Waals surface area (Å²) in [6.07, 6.45) is 0.701. The van der Waals surface area contributed by atoms with Crippen molar-refractivity contribution in [2.45, 2.75) is 26.3 Å². The van der Waals surface area contributed by atoms with Crippen LogP contribution in [0.1, 0.15) is 29.2 Å². The van der Waals surface area contributed by atoms with Crippen LogP contribution in [0.4, 0.5) is 0 Å². The van der Waals surface area contributed by atoms with Crippen LogP contribution >= 0.6 is 0 Å². The Kier molecular flexibility index (Phi) is 6.27. The first-order valence-electron chi connectivity index (χ1n) is 9.19. The highest BCUT2D eigenvalue weighted by Gasteiger charge is 2.18. The summed E-state index contributed by atoms with van der Waals surface area (Å²) in [5.74, 6) is 0.906. The molecule has 4 nitrogen and oxygen atoms in total. The van der Waals surface area contributed by atoms with E-state index in [2.05, 4.69) is 36.9 Å². The molecule has 4 heteroatoms. The molecule has 1 heterocycles. The standard InChI is InChI=1S/C22H26N2O2/c1-17-7-8-22(26-16-18(2)24-9-11-25-12-10-24)21(13-17)14-19-5-3-4-6-20(19)15-23/h3-8,13,18H,9-12,14,16H2,1-2H3. The molecule has 0 spiro atoms. The predicted octanol–water partition coefficient (Wildman–Crippen LogP) is 3.56. The Hall–Kier alpha value is -2.35. The van der Waals surface area contributed by atoms with E-state index in [-0.39, 0.29) is 0 Å². The molecule has 0 saturated carbocycles. The Morgan fingerprint density at radius 1 is 1.15 bits per heavy atom. The summed E-state index contributed by atoms with van der Waals surface area (Å²) in [6.45, 7) is 8.44. The van der Waals surface area contributed by atoms with E-state index in [9.17, 15) is 5.26 Å². The molecule has 0 aromatic heterocycles. The SMILES string of the molecule is Cc1ccc(OCC(C)N2CCOCC2)c(Cc2ccccc2C#N)c1. The summed E-state index contributed by atoms with van der Waals surface area (Å²) >= 11 is 0. The third-order valence-electron chi connectivity index (χ3n) is 4.88. The first-order valence-corrected chi connectivity index (χ1v) is 9.19. The van der Waals surface area contributed by atoms with E-state index in [1.54, 1.807) is 0 Å². The fourth-order valence-electron chi connectivity index (χ4n) is 3.31. The topological polar surface area (TPSA) is 45.5 Å². The van der Waals surface area contributed by atoms with E-state index in [1.807, 2.05) is 30.3 Å². The number of ether oxygens (including phenoxy) is 2. The van der Waals surface area contributed by atoms with Crippen LogP contribution < -0.4 is 4.74 Å². The van der Waals surface area contributed by atoms with Crippen LogP contribution in [-0.4, -0.2) is 43.9 Å². The number of morpholine rings is 1. The number of hydrogen-bond donors (Lipinski definition) is 0. The molecular formula is C22H26N2O2. The lowest BCUT2D eigenvalue weighted by atomic mass is 9.98. The Morgan fingerprint density at radius 3 is 2.69 bits per heavy atom. The average molecular weight is 350 g/mol. The number of rotatable bonds is 6. The molecule has 26 heavy (non-hydrogen) atoms. The molecule has 0 N–H and O–H groups in total. The first kappa shape index (κ1) is 18.4. The maximum atomic E-state index is 9.34. The summed E-state index contributed by atoms with van der Waals surface area (Å²) in [6, 6.07) is 16.7. The van der Waals surface area contributed by atoms with Crippen molar-refractivity contribution in [1.29, 1.82) is 5.26 Å². The monoisotopic (exact) mass is 350 g/mol. The van der Waals surface area contributed by atoms with E-state index in [1.165, 1.54) is 5.56 Å². The van der Waals surface area contributed by atoms with E-state index >= 15 is 0 Å². The van der Waals surface area contributed by atoms with Crippen LogP contribution in [-0.2, 0) is 11.2 Å². The molecule has 1 saturated heterocycles. The van der Waals surface area contributed by atoms with E-state index in [0.29, 0.717) is 19.1 Å². The molecule has 2 aromatic rings. The minimum atomic E-state index is 0.347. The molecule has 136 valence electrons. The number of nitrogens with zero attached hydrogens (tertiary/aromatic N) is 2. The Balaban J connectivity index is 1.72. The van der Waals surface area contributed by atoms with Gasteiger partial charge in [0.15, 0.2) is 0 Å². The third-order valence-corrected chi connectivity index (χ3v) is 4.88. The zero-order chi connectivity index (χ0) is 18.4. The van der Waals surface area contributed by atoms with Crippen molar-refractivity contribution in [2.75, 3.05) is 32.9 Å². The second-order valence-electron chi connectivity index (χ2n) is 6.87. The Labute approximate surface area is 156 Å². The maximum absolute atomic E-state index is 9.34. The minimum absolute atomic E-state index is 0.347. The zero-order valence-corrected chi connectivity index (χ0v) is 15.6. The van der Waals surface area contributed by atoms with Gasteiger partial charge in [0.2, 0.25) is 0 Å². The van der Waals surface area contributed by atoms with Crippen molar-refractivity contribution in [3.05, 3.63) is 64.7 Å². The van der Waals surface area contributed by atoms with Gasteiger partial charge >= 0.3 is 0 Å². The predicted molar refractivity (Wildman–Crippen MR) is 102 cm³/mol. The molecule has 0 aliphatic carbocycles. The smallest absolute Gasteiger partial charge is 0.122 e. The summed E-state index contributed by atoms with van der Waals surface area (Å²) in [5, 5.41) is 9.34.